The normalized spacial score (nSPS) is 10.5. The molecule has 0 aliphatic rings. The number of hydrogen-bond donors (Lipinski definition) is 1. The van der Waals surface area contributed by atoms with E-state index in [-0.39, 0.29) is 5.91 Å². The lowest BCUT2D eigenvalue weighted by Crippen LogP contribution is -2.25. The quantitative estimate of drug-likeness (QED) is 0.693. The Bertz CT molecular complexity index is 797. The fraction of sp³-hybridized carbons (Fsp3) is 0.222. The van der Waals surface area contributed by atoms with E-state index >= 15 is 0 Å². The Kier molecular flexibility index (Phi) is 5.61. The second-order valence-electron chi connectivity index (χ2n) is 5.31. The maximum atomic E-state index is 12.2. The zero-order valence-electron chi connectivity index (χ0n) is 13.3. The minimum absolute atomic E-state index is 0.0832. The van der Waals surface area contributed by atoms with E-state index in [0.717, 1.165) is 17.1 Å². The topological polar surface area (TPSA) is 51.2 Å². The van der Waals surface area contributed by atoms with Gasteiger partial charge in [-0.15, -0.1) is 11.3 Å². The van der Waals surface area contributed by atoms with Gasteiger partial charge >= 0.3 is 0 Å². The second-order valence-corrected chi connectivity index (χ2v) is 7.15. The number of aryl methyl sites for hydroxylation is 1. The molecule has 1 aromatic carbocycles. The molecule has 0 fully saturated rings. The van der Waals surface area contributed by atoms with Gasteiger partial charge in [0.25, 0.3) is 5.91 Å². The van der Waals surface area contributed by atoms with Gasteiger partial charge < -0.3 is 10.1 Å². The lowest BCUT2D eigenvalue weighted by atomic mass is 10.2. The summed E-state index contributed by atoms with van der Waals surface area (Å²) in [5, 5.41) is 10.1. The highest BCUT2D eigenvalue weighted by molar-refractivity contribution is 7.09. The van der Waals surface area contributed by atoms with Crippen molar-refractivity contribution < 1.29 is 9.53 Å². The van der Waals surface area contributed by atoms with Crippen molar-refractivity contribution in [3.63, 3.8) is 0 Å². The molecule has 24 heavy (non-hydrogen) atoms. The van der Waals surface area contributed by atoms with Crippen LogP contribution in [0, 0.1) is 6.92 Å². The van der Waals surface area contributed by atoms with Crippen molar-refractivity contribution in [3.05, 3.63) is 68.3 Å². The highest BCUT2D eigenvalue weighted by atomic mass is 32.1. The van der Waals surface area contributed by atoms with Crippen LogP contribution in [0.1, 0.15) is 26.6 Å². The van der Waals surface area contributed by atoms with Crippen molar-refractivity contribution in [1.82, 2.24) is 10.3 Å². The smallest absolute Gasteiger partial charge is 0.251 e. The molecule has 2 heterocycles. The third-order valence-electron chi connectivity index (χ3n) is 3.43. The Labute approximate surface area is 149 Å². The number of carbonyl (C=O) groups excluding carboxylic acids is 1. The zero-order valence-corrected chi connectivity index (χ0v) is 15.0. The number of ether oxygens (including phenoxy) is 1. The molecule has 0 spiro atoms. The fourth-order valence-electron chi connectivity index (χ4n) is 2.22. The molecule has 0 aliphatic carbocycles. The van der Waals surface area contributed by atoms with Crippen LogP contribution in [0.5, 0.6) is 5.75 Å². The molecule has 0 aliphatic heterocycles. The first-order valence-corrected chi connectivity index (χ1v) is 9.46. The number of rotatable bonds is 7. The van der Waals surface area contributed by atoms with Crippen LogP contribution in [0.25, 0.3) is 0 Å². The number of thiophene rings is 1. The van der Waals surface area contributed by atoms with Crippen molar-refractivity contribution in [3.8, 4) is 5.75 Å². The highest BCUT2D eigenvalue weighted by Crippen LogP contribution is 2.16. The number of nitrogens with zero attached hydrogens (tertiary/aromatic N) is 1. The van der Waals surface area contributed by atoms with Crippen LogP contribution < -0.4 is 10.1 Å². The number of carbonyl (C=O) groups is 1. The van der Waals surface area contributed by atoms with Crippen LogP contribution in [-0.2, 0) is 13.0 Å². The summed E-state index contributed by atoms with van der Waals surface area (Å²) in [6.45, 7) is 3.00. The van der Waals surface area contributed by atoms with Gasteiger partial charge in [-0.25, -0.2) is 4.98 Å². The summed E-state index contributed by atoms with van der Waals surface area (Å²) >= 11 is 3.27. The van der Waals surface area contributed by atoms with Crippen LogP contribution in [0.3, 0.4) is 0 Å². The first-order valence-electron chi connectivity index (χ1n) is 7.64. The third-order valence-corrected chi connectivity index (χ3v) is 4.98. The van der Waals surface area contributed by atoms with Crippen LogP contribution in [0.4, 0.5) is 0 Å². The predicted octanol–water partition coefficient (Wildman–Crippen LogP) is 4.06. The number of aromatic nitrogens is 1. The molecular weight excluding hydrogens is 340 g/mol. The van der Waals surface area contributed by atoms with E-state index in [9.17, 15) is 4.79 Å². The van der Waals surface area contributed by atoms with Gasteiger partial charge in [-0.1, -0.05) is 6.07 Å². The average molecular weight is 358 g/mol. The molecule has 0 saturated carbocycles. The zero-order chi connectivity index (χ0) is 16.8. The van der Waals surface area contributed by atoms with Gasteiger partial charge in [-0.2, -0.15) is 11.3 Å². The number of hydrogen-bond acceptors (Lipinski definition) is 5. The van der Waals surface area contributed by atoms with Crippen molar-refractivity contribution in [2.45, 2.75) is 20.0 Å². The molecule has 0 bridgehead atoms. The van der Waals surface area contributed by atoms with E-state index in [1.165, 1.54) is 5.56 Å². The van der Waals surface area contributed by atoms with Crippen LogP contribution in [-0.4, -0.2) is 17.4 Å². The van der Waals surface area contributed by atoms with Gasteiger partial charge in [-0.05, 0) is 53.9 Å². The van der Waals surface area contributed by atoms with E-state index in [1.807, 2.05) is 29.8 Å². The Balaban J connectivity index is 1.52. The molecular formula is C18H18N2O2S2. The van der Waals surface area contributed by atoms with E-state index in [0.29, 0.717) is 24.5 Å². The molecule has 3 rings (SSSR count). The molecule has 0 radical (unpaired) electrons. The van der Waals surface area contributed by atoms with E-state index < -0.39 is 0 Å². The first-order chi connectivity index (χ1) is 11.7. The van der Waals surface area contributed by atoms with Crippen LogP contribution >= 0.6 is 22.7 Å². The van der Waals surface area contributed by atoms with Gasteiger partial charge in [0.2, 0.25) is 0 Å². The molecule has 1 amide bonds. The molecule has 1 N–H and O–H groups in total. The lowest BCUT2D eigenvalue weighted by molar-refractivity contribution is 0.0953. The largest absolute Gasteiger partial charge is 0.487 e. The van der Waals surface area contributed by atoms with Crippen LogP contribution in [0.2, 0.25) is 0 Å². The minimum atomic E-state index is -0.0832. The van der Waals surface area contributed by atoms with Gasteiger partial charge in [0.1, 0.15) is 12.4 Å². The molecule has 0 atom stereocenters. The summed E-state index contributed by atoms with van der Waals surface area (Å²) < 4.78 is 5.73. The molecule has 124 valence electrons. The molecule has 3 aromatic rings. The van der Waals surface area contributed by atoms with Crippen molar-refractivity contribution in [1.29, 1.82) is 0 Å². The van der Waals surface area contributed by atoms with Crippen molar-refractivity contribution >= 4 is 28.6 Å². The first kappa shape index (κ1) is 16.7. The fourth-order valence-corrected chi connectivity index (χ4v) is 3.52. The number of amides is 1. The predicted molar refractivity (Wildman–Crippen MR) is 98.0 cm³/mol. The monoisotopic (exact) mass is 358 g/mol. The van der Waals surface area contributed by atoms with E-state index in [2.05, 4.69) is 21.7 Å². The summed E-state index contributed by atoms with van der Waals surface area (Å²) in [6.07, 6.45) is 0.842. The molecule has 0 saturated heterocycles. The summed E-state index contributed by atoms with van der Waals surface area (Å²) in [5.74, 6) is 0.589. The molecule has 4 nitrogen and oxygen atoms in total. The maximum Gasteiger partial charge on any atom is 0.251 e. The van der Waals surface area contributed by atoms with Crippen molar-refractivity contribution in [2.75, 3.05) is 6.54 Å². The highest BCUT2D eigenvalue weighted by Gasteiger charge is 2.07. The summed E-state index contributed by atoms with van der Waals surface area (Å²) in [5.41, 5.74) is 2.76. The second kappa shape index (κ2) is 8.08. The standard InChI is InChI=1S/C18H18N2O2S2/c1-13-20-16(12-24-13)10-22-17-4-2-3-15(9-17)18(21)19-7-5-14-6-8-23-11-14/h2-4,6,8-9,11-12H,5,7,10H2,1H3,(H,19,21). The number of thiazole rings is 1. The van der Waals surface area contributed by atoms with Gasteiger partial charge in [-0.3, -0.25) is 4.79 Å². The van der Waals surface area contributed by atoms with Crippen molar-refractivity contribution in [2.24, 2.45) is 0 Å². The number of benzene rings is 1. The molecule has 0 unspecified atom stereocenters. The Morgan fingerprint density at radius 2 is 2.21 bits per heavy atom. The van der Waals surface area contributed by atoms with Gasteiger partial charge in [0, 0.05) is 17.5 Å². The van der Waals surface area contributed by atoms with E-state index in [4.69, 9.17) is 4.74 Å². The van der Waals surface area contributed by atoms with Gasteiger partial charge in [0.05, 0.1) is 10.7 Å². The van der Waals surface area contributed by atoms with E-state index in [1.54, 1.807) is 34.8 Å². The maximum absolute atomic E-state index is 12.2. The summed E-state index contributed by atoms with van der Waals surface area (Å²) in [6, 6.07) is 9.31. The molecule has 2 aromatic heterocycles. The minimum Gasteiger partial charge on any atom is -0.487 e. The summed E-state index contributed by atoms with van der Waals surface area (Å²) in [4.78, 5) is 16.6. The van der Waals surface area contributed by atoms with Crippen LogP contribution in [0.15, 0.2) is 46.5 Å². The number of nitrogens with one attached hydrogen (secondary N) is 1. The Morgan fingerprint density at radius 1 is 1.29 bits per heavy atom. The summed E-state index contributed by atoms with van der Waals surface area (Å²) in [7, 11) is 0. The molecule has 6 heteroatoms. The lowest BCUT2D eigenvalue weighted by Gasteiger charge is -2.08. The Hall–Kier alpha value is -2.18. The van der Waals surface area contributed by atoms with Gasteiger partial charge in [0.15, 0.2) is 0 Å². The Morgan fingerprint density at radius 3 is 2.96 bits per heavy atom. The SMILES string of the molecule is Cc1nc(COc2cccc(C(=O)NCCc3ccsc3)c2)cs1. The average Bonchev–Trinajstić information content (AvgIpc) is 3.25. The third kappa shape index (κ3) is 4.66.